The van der Waals surface area contributed by atoms with Crippen LogP contribution in [0, 0.1) is 5.92 Å². The largest absolute Gasteiger partial charge is 0.464 e. The van der Waals surface area contributed by atoms with E-state index < -0.39 is 0 Å². The highest BCUT2D eigenvalue weighted by atomic mass is 16.3. The van der Waals surface area contributed by atoms with Gasteiger partial charge >= 0.3 is 0 Å². The van der Waals surface area contributed by atoms with Crippen LogP contribution < -0.4 is 0 Å². The number of aromatic nitrogens is 2. The summed E-state index contributed by atoms with van der Waals surface area (Å²) in [6, 6.07) is 21.6. The van der Waals surface area contributed by atoms with E-state index in [-0.39, 0.29) is 5.41 Å². The fourth-order valence-electron chi connectivity index (χ4n) is 4.66. The number of hydrogen-bond acceptors (Lipinski definition) is 3. The zero-order chi connectivity index (χ0) is 23.2. The lowest BCUT2D eigenvalue weighted by Gasteiger charge is -2.22. The minimum absolute atomic E-state index is 0.0293. The molecule has 0 bridgehead atoms. The molecule has 5 rings (SSSR count). The first-order chi connectivity index (χ1) is 15.8. The van der Waals surface area contributed by atoms with Crippen LogP contribution in [0.4, 0.5) is 0 Å². The van der Waals surface area contributed by atoms with Crippen LogP contribution in [0.2, 0.25) is 0 Å². The van der Waals surface area contributed by atoms with Crippen molar-refractivity contribution in [1.29, 1.82) is 0 Å². The first-order valence-electron chi connectivity index (χ1n) is 11.7. The SMILES string of the molecule is CC(C)Cc1cc(-c2cc(-c3cc(C(C)(C)C)c4ccccc4c3)ncn2)cc2occc12. The van der Waals surface area contributed by atoms with E-state index in [0.717, 1.165) is 34.5 Å². The third-order valence-corrected chi connectivity index (χ3v) is 6.21. The molecular weight excluding hydrogens is 404 g/mol. The lowest BCUT2D eigenvalue weighted by Crippen LogP contribution is -2.12. The molecule has 0 fully saturated rings. The summed E-state index contributed by atoms with van der Waals surface area (Å²) in [4.78, 5) is 9.28. The van der Waals surface area contributed by atoms with Crippen LogP contribution >= 0.6 is 0 Å². The standard InChI is InChI=1S/C30H30N2O/c1-19(2)12-21-14-23(16-29-25(21)10-11-33-29)28-17-27(31-18-32-28)22-13-20-8-6-7-9-24(20)26(15-22)30(3,4)5/h6-11,13-19H,12H2,1-5H3. The van der Waals surface area contributed by atoms with E-state index in [4.69, 9.17) is 4.42 Å². The Bertz CT molecular complexity index is 1450. The van der Waals surface area contributed by atoms with Crippen LogP contribution in [0.5, 0.6) is 0 Å². The van der Waals surface area contributed by atoms with Gasteiger partial charge in [0.2, 0.25) is 0 Å². The molecule has 0 saturated heterocycles. The number of furan rings is 1. The molecule has 3 heteroatoms. The molecule has 3 aromatic carbocycles. The zero-order valence-corrected chi connectivity index (χ0v) is 20.0. The summed E-state index contributed by atoms with van der Waals surface area (Å²) in [5.41, 5.74) is 7.58. The van der Waals surface area contributed by atoms with E-state index >= 15 is 0 Å². The summed E-state index contributed by atoms with van der Waals surface area (Å²) in [5.74, 6) is 0.563. The van der Waals surface area contributed by atoms with E-state index in [1.807, 2.05) is 0 Å². The second-order valence-corrected chi connectivity index (χ2v) is 10.3. The molecule has 3 nitrogen and oxygen atoms in total. The summed E-state index contributed by atoms with van der Waals surface area (Å²) in [6.07, 6.45) is 4.44. The van der Waals surface area contributed by atoms with Crippen LogP contribution in [-0.4, -0.2) is 9.97 Å². The molecule has 0 unspecified atom stereocenters. The van der Waals surface area contributed by atoms with Crippen molar-refractivity contribution in [3.8, 4) is 22.5 Å². The first kappa shape index (κ1) is 21.4. The molecule has 0 saturated carbocycles. The topological polar surface area (TPSA) is 38.9 Å². The molecule has 33 heavy (non-hydrogen) atoms. The Kier molecular flexibility index (Phi) is 5.28. The van der Waals surface area contributed by atoms with E-state index in [0.29, 0.717) is 5.92 Å². The van der Waals surface area contributed by atoms with Gasteiger partial charge in [-0.2, -0.15) is 0 Å². The predicted molar refractivity (Wildman–Crippen MR) is 137 cm³/mol. The molecule has 0 radical (unpaired) electrons. The molecule has 0 amide bonds. The smallest absolute Gasteiger partial charge is 0.134 e. The maximum absolute atomic E-state index is 5.78. The van der Waals surface area contributed by atoms with Gasteiger partial charge in [-0.1, -0.05) is 58.9 Å². The second kappa shape index (κ2) is 8.15. The maximum atomic E-state index is 5.78. The Morgan fingerprint density at radius 3 is 2.27 bits per heavy atom. The summed E-state index contributed by atoms with van der Waals surface area (Å²) >= 11 is 0. The maximum Gasteiger partial charge on any atom is 0.134 e. The van der Waals surface area contributed by atoms with Crippen molar-refractivity contribution < 1.29 is 4.42 Å². The number of rotatable bonds is 4. The van der Waals surface area contributed by atoms with Crippen LogP contribution in [-0.2, 0) is 11.8 Å². The van der Waals surface area contributed by atoms with E-state index in [1.54, 1.807) is 12.6 Å². The molecule has 5 aromatic rings. The Balaban J connectivity index is 1.65. The van der Waals surface area contributed by atoms with Crippen molar-refractivity contribution in [3.05, 3.63) is 84.4 Å². The Labute approximate surface area is 195 Å². The summed E-state index contributed by atoms with van der Waals surface area (Å²) in [5, 5.41) is 3.71. The number of fused-ring (bicyclic) bond motifs is 2. The normalized spacial score (nSPS) is 12.2. The van der Waals surface area contributed by atoms with Crippen LogP contribution in [0.25, 0.3) is 44.3 Å². The van der Waals surface area contributed by atoms with Gasteiger partial charge in [-0.15, -0.1) is 0 Å². The Morgan fingerprint density at radius 1 is 0.818 bits per heavy atom. The van der Waals surface area contributed by atoms with Crippen molar-refractivity contribution in [2.24, 2.45) is 5.92 Å². The average molecular weight is 435 g/mol. The summed E-state index contributed by atoms with van der Waals surface area (Å²) < 4.78 is 5.78. The highest BCUT2D eigenvalue weighted by Crippen LogP contribution is 2.35. The minimum Gasteiger partial charge on any atom is -0.464 e. The van der Waals surface area contributed by atoms with E-state index in [1.165, 1.54) is 27.3 Å². The van der Waals surface area contributed by atoms with Crippen LogP contribution in [0.15, 0.2) is 77.7 Å². The molecule has 0 aliphatic heterocycles. The van der Waals surface area contributed by atoms with Gasteiger partial charge in [-0.05, 0) is 76.1 Å². The van der Waals surface area contributed by atoms with Gasteiger partial charge in [-0.25, -0.2) is 9.97 Å². The van der Waals surface area contributed by atoms with Crippen molar-refractivity contribution >= 4 is 21.7 Å². The fourth-order valence-corrected chi connectivity index (χ4v) is 4.66. The highest BCUT2D eigenvalue weighted by Gasteiger charge is 2.19. The van der Waals surface area contributed by atoms with Gasteiger partial charge in [0.1, 0.15) is 11.9 Å². The first-order valence-corrected chi connectivity index (χ1v) is 11.7. The third kappa shape index (κ3) is 4.16. The molecule has 2 heterocycles. The monoisotopic (exact) mass is 434 g/mol. The van der Waals surface area contributed by atoms with E-state index in [2.05, 4.69) is 105 Å². The highest BCUT2D eigenvalue weighted by molar-refractivity contribution is 5.91. The second-order valence-electron chi connectivity index (χ2n) is 10.3. The molecule has 2 aromatic heterocycles. The van der Waals surface area contributed by atoms with E-state index in [9.17, 15) is 0 Å². The van der Waals surface area contributed by atoms with Crippen molar-refractivity contribution in [1.82, 2.24) is 9.97 Å². The van der Waals surface area contributed by atoms with Gasteiger partial charge in [0.25, 0.3) is 0 Å². The van der Waals surface area contributed by atoms with Crippen LogP contribution in [0.3, 0.4) is 0 Å². The van der Waals surface area contributed by atoms with Crippen molar-refractivity contribution in [3.63, 3.8) is 0 Å². The molecule has 0 N–H and O–H groups in total. The molecule has 166 valence electrons. The quantitative estimate of drug-likeness (QED) is 0.286. The number of nitrogens with zero attached hydrogens (tertiary/aromatic N) is 2. The molecule has 0 atom stereocenters. The van der Waals surface area contributed by atoms with Gasteiger partial charge in [0.05, 0.1) is 17.7 Å². The number of hydrogen-bond donors (Lipinski definition) is 0. The predicted octanol–water partition coefficient (Wildman–Crippen LogP) is 8.21. The lowest BCUT2D eigenvalue weighted by atomic mass is 9.82. The van der Waals surface area contributed by atoms with Crippen molar-refractivity contribution in [2.45, 2.75) is 46.5 Å². The Morgan fingerprint density at radius 2 is 1.55 bits per heavy atom. The lowest BCUT2D eigenvalue weighted by molar-refractivity contribution is 0.596. The fraction of sp³-hybridized carbons (Fsp3) is 0.267. The molecular formula is C30H30N2O. The number of benzene rings is 3. The van der Waals surface area contributed by atoms with Gasteiger partial charge < -0.3 is 4.42 Å². The van der Waals surface area contributed by atoms with Crippen molar-refractivity contribution in [2.75, 3.05) is 0 Å². The van der Waals surface area contributed by atoms with Crippen LogP contribution in [0.1, 0.15) is 45.7 Å². The summed E-state index contributed by atoms with van der Waals surface area (Å²) in [7, 11) is 0. The third-order valence-electron chi connectivity index (χ3n) is 6.21. The van der Waals surface area contributed by atoms with Gasteiger partial charge in [0, 0.05) is 16.5 Å². The minimum atomic E-state index is 0.0293. The molecule has 0 aliphatic carbocycles. The summed E-state index contributed by atoms with van der Waals surface area (Å²) in [6.45, 7) is 11.3. The molecule has 0 aliphatic rings. The Hall–Kier alpha value is -3.46. The van der Waals surface area contributed by atoms with Gasteiger partial charge in [0.15, 0.2) is 0 Å². The molecule has 0 spiro atoms. The van der Waals surface area contributed by atoms with Gasteiger partial charge in [-0.3, -0.25) is 0 Å². The zero-order valence-electron chi connectivity index (χ0n) is 20.0. The average Bonchev–Trinajstić information content (AvgIpc) is 3.26.